The van der Waals surface area contributed by atoms with Gasteiger partial charge in [0.15, 0.2) is 11.5 Å². The Hall–Kier alpha value is -2.83. The van der Waals surface area contributed by atoms with Crippen LogP contribution >= 0.6 is 0 Å². The quantitative estimate of drug-likeness (QED) is 0.0950. The molecular formula is C48H75FN2O13. The highest BCUT2D eigenvalue weighted by molar-refractivity contribution is 6.01. The van der Waals surface area contributed by atoms with Gasteiger partial charge in [-0.05, 0) is 104 Å². The maximum atomic E-state index is 17.8. The van der Waals surface area contributed by atoms with Gasteiger partial charge in [0.2, 0.25) is 5.60 Å². The van der Waals surface area contributed by atoms with Crippen LogP contribution in [0.3, 0.4) is 0 Å². The molecule has 4 saturated carbocycles. The van der Waals surface area contributed by atoms with E-state index in [1.54, 1.807) is 47.6 Å². The fraction of sp³-hybridized carbons (Fsp3) is 0.833. The zero-order valence-corrected chi connectivity index (χ0v) is 39.4. The van der Waals surface area contributed by atoms with Crippen LogP contribution in [0.1, 0.15) is 114 Å². The molecule has 0 spiro atoms. The first-order valence-electron chi connectivity index (χ1n) is 23.4. The average Bonchev–Trinajstić information content (AvgIpc) is 3.73. The Balaban J connectivity index is 1.12. The summed E-state index contributed by atoms with van der Waals surface area (Å²) in [5, 5.41) is 72.7. The number of allylic oxidation sites excluding steroid dienone is 4. The molecule has 0 amide bonds. The molecule has 18 atom stereocenters. The van der Waals surface area contributed by atoms with Gasteiger partial charge in [-0.15, -0.1) is 0 Å². The number of hydrogen-bond acceptors (Lipinski definition) is 15. The monoisotopic (exact) mass is 907 g/mol. The van der Waals surface area contributed by atoms with Crippen LogP contribution in [0.2, 0.25) is 0 Å². The second kappa shape index (κ2) is 17.7. The number of carbonyl (C=O) groups is 4. The summed E-state index contributed by atoms with van der Waals surface area (Å²) in [7, 11) is 1.22. The van der Waals surface area contributed by atoms with Crippen molar-refractivity contribution in [2.24, 2.45) is 45.8 Å². The number of ketones is 1. The highest BCUT2D eigenvalue weighted by Gasteiger charge is 2.78. The Morgan fingerprint density at radius 2 is 1.67 bits per heavy atom. The van der Waals surface area contributed by atoms with Gasteiger partial charge in [-0.3, -0.25) is 19.3 Å². The van der Waals surface area contributed by atoms with E-state index in [9.17, 15) is 49.8 Å². The maximum Gasteiger partial charge on any atom is 0.351 e. The van der Waals surface area contributed by atoms with E-state index < -0.39 is 123 Å². The van der Waals surface area contributed by atoms with Crippen molar-refractivity contribution >= 4 is 23.7 Å². The topological polar surface area (TPSA) is 233 Å². The maximum absolute atomic E-state index is 17.8. The number of methoxy groups -OCH3 is 1. The smallest absolute Gasteiger partial charge is 0.351 e. The predicted molar refractivity (Wildman–Crippen MR) is 232 cm³/mol. The van der Waals surface area contributed by atoms with Crippen molar-refractivity contribution in [1.29, 1.82) is 0 Å². The van der Waals surface area contributed by atoms with E-state index in [2.05, 4.69) is 5.32 Å². The molecule has 16 heteroatoms. The Bertz CT molecular complexity index is 1880. The third-order valence-corrected chi connectivity index (χ3v) is 17.7. The summed E-state index contributed by atoms with van der Waals surface area (Å²) in [4.78, 5) is 55.1. The minimum Gasteiger partial charge on any atom is -0.466 e. The molecule has 1 aliphatic heterocycles. The molecule has 5 fully saturated rings. The fourth-order valence-electron chi connectivity index (χ4n) is 13.4. The summed E-state index contributed by atoms with van der Waals surface area (Å²) >= 11 is 0. The van der Waals surface area contributed by atoms with E-state index in [0.29, 0.717) is 44.3 Å². The lowest BCUT2D eigenvalue weighted by molar-refractivity contribution is -0.235. The summed E-state index contributed by atoms with van der Waals surface area (Å²) in [5.41, 5.74) is -10.0. The third-order valence-electron chi connectivity index (χ3n) is 17.7. The number of alkyl halides is 1. The zero-order valence-electron chi connectivity index (χ0n) is 39.4. The third kappa shape index (κ3) is 7.71. The van der Waals surface area contributed by atoms with Crippen LogP contribution < -0.4 is 5.32 Å². The molecule has 5 aliphatic carbocycles. The summed E-state index contributed by atoms with van der Waals surface area (Å²) in [6.45, 7) is 16.2. The van der Waals surface area contributed by atoms with Gasteiger partial charge in [0.05, 0.1) is 43.4 Å². The van der Waals surface area contributed by atoms with Gasteiger partial charge in [0, 0.05) is 53.1 Å². The van der Waals surface area contributed by atoms with Crippen molar-refractivity contribution in [3.05, 3.63) is 23.8 Å². The highest BCUT2D eigenvalue weighted by atomic mass is 19.1. The minimum atomic E-state index is -2.12. The van der Waals surface area contributed by atoms with Crippen molar-refractivity contribution in [2.75, 3.05) is 33.3 Å². The number of carbonyl (C=O) groups excluding carboxylic acids is 4. The van der Waals surface area contributed by atoms with Crippen LogP contribution in [0.4, 0.5) is 4.39 Å². The lowest BCUT2D eigenvalue weighted by Crippen LogP contribution is -2.70. The number of cyclic esters (lactones) is 1. The number of rotatable bonds is 10. The van der Waals surface area contributed by atoms with Crippen LogP contribution in [0.5, 0.6) is 0 Å². The van der Waals surface area contributed by atoms with E-state index in [1.807, 2.05) is 11.8 Å². The van der Waals surface area contributed by atoms with Crippen molar-refractivity contribution in [3.8, 4) is 0 Å². The SMILES string of the molecule is CC[C@H]1OC(=O)[C@H](C)[C@@H](O)[C@H](C)[C@@H](O)[C@]2(O)C[C@@]2(C)CN(CCCNCCC(=O)O[C@]2(C(=O)OC)[C@H](C)CC3C4CCC5=CC(=O)C=C[C@]5(C)[C@@]4(F)[C@@H](O)C[C@@]32C)[C@H](C)[C@@H](O)[C@]1(C)O. The Morgan fingerprint density at radius 3 is 2.31 bits per heavy atom. The number of nitrogens with zero attached hydrogens (tertiary/aromatic N) is 1. The number of fused-ring (bicyclic) bond motifs is 6. The molecule has 2 unspecified atom stereocenters. The molecule has 0 aromatic carbocycles. The largest absolute Gasteiger partial charge is 0.466 e. The number of aliphatic hydroxyl groups excluding tert-OH is 4. The molecule has 15 nitrogen and oxygen atoms in total. The molecular weight excluding hydrogens is 832 g/mol. The van der Waals surface area contributed by atoms with Crippen molar-refractivity contribution in [3.63, 3.8) is 0 Å². The lowest BCUT2D eigenvalue weighted by atomic mass is 9.44. The summed E-state index contributed by atoms with van der Waals surface area (Å²) in [6.07, 6.45) is -0.676. The number of esters is 3. The van der Waals surface area contributed by atoms with Gasteiger partial charge in [0.1, 0.15) is 17.8 Å². The summed E-state index contributed by atoms with van der Waals surface area (Å²) in [6, 6.07) is -0.716. The van der Waals surface area contributed by atoms with E-state index >= 15 is 4.39 Å². The van der Waals surface area contributed by atoms with E-state index in [1.165, 1.54) is 33.1 Å². The second-order valence-corrected chi connectivity index (χ2v) is 21.4. The van der Waals surface area contributed by atoms with E-state index in [4.69, 9.17) is 14.2 Å². The first-order valence-corrected chi connectivity index (χ1v) is 23.4. The van der Waals surface area contributed by atoms with Gasteiger partial charge in [-0.25, -0.2) is 9.18 Å². The first-order chi connectivity index (χ1) is 29.7. The van der Waals surface area contributed by atoms with Crippen molar-refractivity contribution in [2.45, 2.75) is 173 Å². The van der Waals surface area contributed by atoms with Gasteiger partial charge in [-0.1, -0.05) is 46.3 Å². The molecule has 0 bridgehead atoms. The molecule has 6 rings (SSSR count). The second-order valence-electron chi connectivity index (χ2n) is 21.4. The average molecular weight is 907 g/mol. The zero-order chi connectivity index (χ0) is 47.7. The summed E-state index contributed by atoms with van der Waals surface area (Å²) < 4.78 is 35.1. The van der Waals surface area contributed by atoms with Gasteiger partial charge < -0.3 is 50.2 Å². The number of aliphatic hydroxyl groups is 6. The van der Waals surface area contributed by atoms with Crippen molar-refractivity contribution < 1.29 is 68.4 Å². The molecule has 0 radical (unpaired) electrons. The van der Waals surface area contributed by atoms with Crippen LogP contribution in [0.25, 0.3) is 0 Å². The molecule has 6 aliphatic rings. The summed E-state index contributed by atoms with van der Waals surface area (Å²) in [5.74, 6) is -6.12. The number of halogens is 1. The standard InChI is InChI=1S/C48H75FN2O13/c1-11-35-45(9,60)39(57)29(5)51(25-42(6)24-46(42,61)38(56)27(3)37(55)28(4)40(58)63-35)20-12-18-50-19-16-36(54)64-48(41(59)62-10)26(2)21-33-32-14-13-30-22-31(52)15-17-43(30,7)47(32,49)34(53)23-44(33,48)8/h15,17,22,26-29,32-35,37-39,50,53,55-57,60-61H,11-14,16,18-21,23-25H2,1-10H3/t26-,27+,28-,29-,32?,33?,34+,35-,37+,38-,39-,42+,43+,44+,45-,46-,47+,48+/m1/s1. The first kappa shape index (κ1) is 50.6. The molecule has 64 heavy (non-hydrogen) atoms. The number of nitrogens with one attached hydrogen (secondary N) is 1. The fourth-order valence-corrected chi connectivity index (χ4v) is 13.4. The number of hydrogen-bond donors (Lipinski definition) is 7. The van der Waals surface area contributed by atoms with E-state index in [-0.39, 0.29) is 44.6 Å². The molecule has 1 heterocycles. The predicted octanol–water partition coefficient (Wildman–Crippen LogP) is 2.70. The normalized spacial score (nSPS) is 48.4. The van der Waals surface area contributed by atoms with E-state index in [0.717, 1.165) is 0 Å². The Kier molecular flexibility index (Phi) is 14.0. The van der Waals surface area contributed by atoms with Crippen LogP contribution in [-0.4, -0.2) is 152 Å². The molecule has 362 valence electrons. The van der Waals surface area contributed by atoms with Gasteiger partial charge in [-0.2, -0.15) is 0 Å². The lowest BCUT2D eigenvalue weighted by Gasteiger charge is -2.62. The van der Waals surface area contributed by atoms with Crippen LogP contribution in [0, 0.1) is 45.8 Å². The highest BCUT2D eigenvalue weighted by Crippen LogP contribution is 2.71. The molecule has 7 N–H and O–H groups in total. The Labute approximate surface area is 377 Å². The minimum absolute atomic E-state index is 0.124. The van der Waals surface area contributed by atoms with Crippen LogP contribution in [-0.2, 0) is 33.4 Å². The van der Waals surface area contributed by atoms with Gasteiger partial charge >= 0.3 is 17.9 Å². The molecule has 1 saturated heterocycles. The Morgan fingerprint density at radius 1 is 1.00 bits per heavy atom. The van der Waals surface area contributed by atoms with Crippen LogP contribution in [0.15, 0.2) is 23.8 Å². The number of ether oxygens (including phenoxy) is 3. The molecule has 0 aromatic heterocycles. The molecule has 0 aromatic rings. The van der Waals surface area contributed by atoms with Gasteiger partial charge in [0.25, 0.3) is 0 Å². The van der Waals surface area contributed by atoms with Crippen molar-refractivity contribution in [1.82, 2.24) is 10.2 Å².